The number of carboxylic acids is 2. The number of carbonyl (C=O) groups excluding carboxylic acids is 1. The van der Waals surface area contributed by atoms with E-state index in [4.69, 9.17) is 4.74 Å². The van der Waals surface area contributed by atoms with Crippen LogP contribution in [0.4, 0.5) is 5.69 Å². The molecular weight excluding hydrogens is 366 g/mol. The van der Waals surface area contributed by atoms with Gasteiger partial charge < -0.3 is 20.3 Å². The number of hydrogen-bond acceptors (Lipinski definition) is 6. The predicted molar refractivity (Wildman–Crippen MR) is 100 cm³/mol. The second kappa shape index (κ2) is 9.03. The first-order valence-electron chi connectivity index (χ1n) is 9.40. The van der Waals surface area contributed by atoms with Gasteiger partial charge in [-0.05, 0) is 50.4 Å². The van der Waals surface area contributed by atoms with Crippen molar-refractivity contribution in [3.8, 4) is 5.75 Å². The Balaban J connectivity index is 1.77. The number of carbonyl (C=O) groups is 3. The summed E-state index contributed by atoms with van der Waals surface area (Å²) in [5.41, 5.74) is 0.365. The Bertz CT molecular complexity index is 734. The lowest BCUT2D eigenvalue weighted by atomic mass is 9.90. The fraction of sp³-hybridized carbons (Fsp3) is 0.526. The minimum atomic E-state index is -1.16. The molecule has 0 bridgehead atoms. The first-order chi connectivity index (χ1) is 13.5. The van der Waals surface area contributed by atoms with Gasteiger partial charge in [-0.25, -0.2) is 0 Å². The van der Waals surface area contributed by atoms with Crippen molar-refractivity contribution in [3.05, 3.63) is 24.3 Å². The van der Waals surface area contributed by atoms with Gasteiger partial charge in [-0.15, -0.1) is 0 Å². The van der Waals surface area contributed by atoms with Crippen molar-refractivity contribution in [2.45, 2.75) is 31.3 Å². The van der Waals surface area contributed by atoms with Gasteiger partial charge >= 0.3 is 11.9 Å². The summed E-state index contributed by atoms with van der Waals surface area (Å²) in [6, 6.07) is 4.83. The highest BCUT2D eigenvalue weighted by atomic mass is 16.5. The molecule has 3 rings (SSSR count). The molecule has 2 heterocycles. The van der Waals surface area contributed by atoms with Crippen LogP contribution in [0.15, 0.2) is 24.3 Å². The fourth-order valence-electron chi connectivity index (χ4n) is 3.70. The summed E-state index contributed by atoms with van der Waals surface area (Å²) in [5.74, 6) is -2.05. The number of hydrogen-bond donors (Lipinski definition) is 4. The first-order valence-corrected chi connectivity index (χ1v) is 9.40. The minimum Gasteiger partial charge on any atom is -0.489 e. The maximum absolute atomic E-state index is 13.0. The van der Waals surface area contributed by atoms with Crippen molar-refractivity contribution in [1.82, 2.24) is 10.6 Å². The highest BCUT2D eigenvalue weighted by Gasteiger charge is 2.36. The van der Waals surface area contributed by atoms with Crippen LogP contribution in [0, 0.1) is 5.92 Å². The normalized spacial score (nSPS) is 21.4. The van der Waals surface area contributed by atoms with Crippen molar-refractivity contribution < 1.29 is 29.3 Å². The minimum absolute atomic E-state index is 0.0675. The summed E-state index contributed by atoms with van der Waals surface area (Å²) in [5, 5.41) is 25.0. The zero-order valence-corrected chi connectivity index (χ0v) is 15.5. The average molecular weight is 391 g/mol. The molecule has 4 N–H and O–H groups in total. The number of anilines is 1. The van der Waals surface area contributed by atoms with E-state index in [1.165, 1.54) is 0 Å². The lowest BCUT2D eigenvalue weighted by Crippen LogP contribution is -2.55. The largest absolute Gasteiger partial charge is 0.489 e. The molecule has 0 spiro atoms. The molecule has 1 aromatic rings. The lowest BCUT2D eigenvalue weighted by molar-refractivity contribution is -0.141. The van der Waals surface area contributed by atoms with Gasteiger partial charge in [0.25, 0.3) is 0 Å². The Morgan fingerprint density at radius 2 is 1.96 bits per heavy atom. The van der Waals surface area contributed by atoms with Crippen LogP contribution in [0.5, 0.6) is 5.75 Å². The molecule has 2 aliphatic rings. The van der Waals surface area contributed by atoms with Gasteiger partial charge in [0.1, 0.15) is 31.0 Å². The van der Waals surface area contributed by atoms with Gasteiger partial charge in [0, 0.05) is 0 Å². The molecule has 1 saturated heterocycles. The smallest absolute Gasteiger partial charge is 0.323 e. The predicted octanol–water partition coefficient (Wildman–Crippen LogP) is 0.298. The molecule has 1 aromatic carbocycles. The number of rotatable bonds is 7. The summed E-state index contributed by atoms with van der Waals surface area (Å²) in [7, 11) is 0. The topological polar surface area (TPSA) is 128 Å². The summed E-state index contributed by atoms with van der Waals surface area (Å²) in [4.78, 5) is 37.2. The number of ether oxygens (including phenoxy) is 1. The van der Waals surface area contributed by atoms with Crippen molar-refractivity contribution in [3.63, 3.8) is 0 Å². The number of para-hydroxylation sites is 2. The summed E-state index contributed by atoms with van der Waals surface area (Å²) >= 11 is 0. The number of amides is 1. The molecule has 9 heteroatoms. The van der Waals surface area contributed by atoms with E-state index in [-0.39, 0.29) is 12.5 Å². The van der Waals surface area contributed by atoms with Gasteiger partial charge in [0.2, 0.25) is 5.91 Å². The lowest BCUT2D eigenvalue weighted by Gasteiger charge is -2.29. The zero-order valence-electron chi connectivity index (χ0n) is 15.5. The van der Waals surface area contributed by atoms with E-state index in [9.17, 15) is 24.6 Å². The Hall–Kier alpha value is -2.65. The second-order valence-corrected chi connectivity index (χ2v) is 7.14. The summed E-state index contributed by atoms with van der Waals surface area (Å²) in [6.07, 6.45) is 2.18. The van der Waals surface area contributed by atoms with E-state index >= 15 is 0 Å². The number of carboxylic acid groups (broad SMARTS) is 2. The highest BCUT2D eigenvalue weighted by Crippen LogP contribution is 2.31. The third-order valence-electron chi connectivity index (χ3n) is 5.15. The highest BCUT2D eigenvalue weighted by molar-refractivity contribution is 6.02. The number of fused-ring (bicyclic) bond motifs is 1. The van der Waals surface area contributed by atoms with E-state index < -0.39 is 36.5 Å². The molecule has 1 unspecified atom stereocenters. The molecule has 152 valence electrons. The van der Waals surface area contributed by atoms with Crippen molar-refractivity contribution in [1.29, 1.82) is 0 Å². The third-order valence-corrected chi connectivity index (χ3v) is 5.15. The molecule has 2 atom stereocenters. The van der Waals surface area contributed by atoms with Crippen molar-refractivity contribution in [2.24, 2.45) is 5.92 Å². The van der Waals surface area contributed by atoms with E-state index in [0.717, 1.165) is 30.8 Å². The standard InChI is InChI=1S/C19H25N3O6/c23-17(24)10-22-15-3-1-2-4-16(15)28-11-14(18(22)25)21-13(19(26)27)9-12-5-7-20-8-6-12/h1-4,12-14,20-21H,5-11H2,(H,23,24)(H,26,27)/t13?,14-/m0/s1. The first kappa shape index (κ1) is 20.1. The van der Waals surface area contributed by atoms with Crippen LogP contribution >= 0.6 is 0 Å². The van der Waals surface area contributed by atoms with Crippen LogP contribution in [0.1, 0.15) is 19.3 Å². The van der Waals surface area contributed by atoms with Gasteiger partial charge in [0.05, 0.1) is 5.69 Å². The van der Waals surface area contributed by atoms with Crippen LogP contribution in [-0.4, -0.2) is 66.4 Å². The summed E-state index contributed by atoms with van der Waals surface area (Å²) in [6.45, 7) is 1.11. The van der Waals surface area contributed by atoms with Crippen LogP contribution < -0.4 is 20.3 Å². The van der Waals surface area contributed by atoms with Gasteiger partial charge in [-0.1, -0.05) is 12.1 Å². The summed E-state index contributed by atoms with van der Waals surface area (Å²) < 4.78 is 5.69. The van der Waals surface area contributed by atoms with E-state index in [0.29, 0.717) is 17.9 Å². The Labute approximate surface area is 162 Å². The SMILES string of the molecule is O=C(O)CN1C(=O)[C@@H](NC(CC2CCNCC2)C(=O)O)COc2ccccc21. The van der Waals surface area contributed by atoms with Crippen molar-refractivity contribution in [2.75, 3.05) is 31.1 Å². The van der Waals surface area contributed by atoms with Gasteiger partial charge in [-0.3, -0.25) is 24.6 Å². The molecule has 0 aliphatic carbocycles. The second-order valence-electron chi connectivity index (χ2n) is 7.14. The van der Waals surface area contributed by atoms with Crippen LogP contribution in [-0.2, 0) is 14.4 Å². The molecule has 9 nitrogen and oxygen atoms in total. The number of piperidine rings is 1. The van der Waals surface area contributed by atoms with Crippen LogP contribution in [0.25, 0.3) is 0 Å². The molecule has 2 aliphatic heterocycles. The van der Waals surface area contributed by atoms with Crippen LogP contribution in [0.2, 0.25) is 0 Å². The van der Waals surface area contributed by atoms with Crippen molar-refractivity contribution >= 4 is 23.5 Å². The Kier molecular flexibility index (Phi) is 6.48. The number of aliphatic carboxylic acids is 2. The maximum atomic E-state index is 13.0. The van der Waals surface area contributed by atoms with Gasteiger partial charge in [0.15, 0.2) is 0 Å². The van der Waals surface area contributed by atoms with Crippen LogP contribution in [0.3, 0.4) is 0 Å². The zero-order chi connectivity index (χ0) is 20.1. The Morgan fingerprint density at radius 3 is 2.64 bits per heavy atom. The molecule has 1 amide bonds. The van der Waals surface area contributed by atoms with E-state index in [1.807, 2.05) is 0 Å². The van der Waals surface area contributed by atoms with Gasteiger partial charge in [-0.2, -0.15) is 0 Å². The molecule has 0 saturated carbocycles. The number of benzene rings is 1. The third kappa shape index (κ3) is 4.79. The monoisotopic (exact) mass is 391 g/mol. The fourth-order valence-corrected chi connectivity index (χ4v) is 3.70. The molecule has 1 fully saturated rings. The Morgan fingerprint density at radius 1 is 1.25 bits per heavy atom. The quantitative estimate of drug-likeness (QED) is 0.522. The van der Waals surface area contributed by atoms with E-state index in [2.05, 4.69) is 10.6 Å². The van der Waals surface area contributed by atoms with E-state index in [1.54, 1.807) is 24.3 Å². The molecule has 28 heavy (non-hydrogen) atoms. The molecule has 0 radical (unpaired) electrons. The molecule has 0 aromatic heterocycles. The maximum Gasteiger partial charge on any atom is 0.323 e. The number of nitrogens with zero attached hydrogens (tertiary/aromatic N) is 1. The number of nitrogens with one attached hydrogen (secondary N) is 2. The molecular formula is C19H25N3O6. The average Bonchev–Trinajstić information content (AvgIpc) is 2.80.